The van der Waals surface area contributed by atoms with E-state index in [2.05, 4.69) is 0 Å². The van der Waals surface area contributed by atoms with Crippen LogP contribution in [0.2, 0.25) is 0 Å². The summed E-state index contributed by atoms with van der Waals surface area (Å²) >= 11 is 0. The van der Waals surface area contributed by atoms with Gasteiger partial charge in [-0.3, -0.25) is 14.4 Å². The normalized spacial score (nSPS) is 24.9. The number of nitriles is 1. The molecule has 8 nitrogen and oxygen atoms in total. The van der Waals surface area contributed by atoms with Crippen LogP contribution in [0.25, 0.3) is 0 Å². The number of Topliss-reactive ketones (excluding diaryl/α,β-unsaturated/α-hetero) is 1. The first-order valence-corrected chi connectivity index (χ1v) is 9.18. The first kappa shape index (κ1) is 18.7. The fourth-order valence-electron chi connectivity index (χ4n) is 4.67. The third-order valence-electron chi connectivity index (χ3n) is 5.68. The number of carbonyl (C=O) groups excluding carboxylic acids is 3. The Hall–Kier alpha value is -3.60. The molecule has 1 atom stereocenters. The van der Waals surface area contributed by atoms with Gasteiger partial charge in [-0.2, -0.15) is 5.26 Å². The number of fused-ring (bicyclic) bond motifs is 3. The molecule has 2 aliphatic heterocycles. The Bertz CT molecular complexity index is 1090. The number of ketones is 1. The van der Waals surface area contributed by atoms with E-state index in [1.807, 2.05) is 19.9 Å². The van der Waals surface area contributed by atoms with Gasteiger partial charge >= 0.3 is 0 Å². The van der Waals surface area contributed by atoms with E-state index >= 15 is 0 Å². The lowest BCUT2D eigenvalue weighted by molar-refractivity contribution is -0.134. The van der Waals surface area contributed by atoms with Crippen LogP contribution in [0.3, 0.4) is 0 Å². The van der Waals surface area contributed by atoms with Gasteiger partial charge in [0.15, 0.2) is 5.78 Å². The summed E-state index contributed by atoms with van der Waals surface area (Å²) in [5, 5.41) is 9.91. The number of ether oxygens (including phenoxy) is 1. The summed E-state index contributed by atoms with van der Waals surface area (Å²) in [6.45, 7) is 3.45. The number of amides is 2. The molecule has 1 aromatic rings. The molecule has 148 valence electrons. The van der Waals surface area contributed by atoms with Crippen LogP contribution in [0.15, 0.2) is 47.0 Å². The van der Waals surface area contributed by atoms with Crippen LogP contribution in [0.1, 0.15) is 32.3 Å². The van der Waals surface area contributed by atoms with Crippen molar-refractivity contribution in [3.05, 3.63) is 52.6 Å². The average Bonchev–Trinajstić information content (AvgIpc) is 2.84. The standard InChI is InChI=1S/C21H20N4O4/c1-20(2)7-13-17(14(26)8-20)21(19(28)25(13)10-16(23)27)11-5-3-4-6-15(11)29-18(24)12(21)9-22/h3-6H,7-8,10,24H2,1-2H3,(H2,23,27)/t21-/m1/s1. The molecule has 4 rings (SSSR count). The van der Waals surface area contributed by atoms with Crippen molar-refractivity contribution in [3.8, 4) is 11.8 Å². The zero-order chi connectivity index (χ0) is 21.1. The second kappa shape index (κ2) is 5.95. The third kappa shape index (κ3) is 2.40. The quantitative estimate of drug-likeness (QED) is 0.769. The van der Waals surface area contributed by atoms with Crippen molar-refractivity contribution in [2.75, 3.05) is 6.54 Å². The summed E-state index contributed by atoms with van der Waals surface area (Å²) in [7, 11) is 0. The molecule has 29 heavy (non-hydrogen) atoms. The highest BCUT2D eigenvalue weighted by Crippen LogP contribution is 2.57. The average molecular weight is 392 g/mol. The first-order chi connectivity index (χ1) is 13.6. The van der Waals surface area contributed by atoms with Crippen LogP contribution in [0.4, 0.5) is 0 Å². The predicted molar refractivity (Wildman–Crippen MR) is 102 cm³/mol. The molecule has 1 spiro atoms. The van der Waals surface area contributed by atoms with Crippen molar-refractivity contribution < 1.29 is 19.1 Å². The molecule has 1 aliphatic carbocycles. The minimum absolute atomic E-state index is 0.145. The SMILES string of the molecule is CC1(C)CC(=O)C2=C(C1)N(CC(N)=O)C(=O)[C@]21C(C#N)=C(N)Oc2ccccc21. The van der Waals surface area contributed by atoms with Crippen LogP contribution < -0.4 is 16.2 Å². The van der Waals surface area contributed by atoms with Crippen LogP contribution in [-0.2, 0) is 19.8 Å². The summed E-state index contributed by atoms with van der Waals surface area (Å²) in [5.74, 6) is -1.49. The van der Waals surface area contributed by atoms with Gasteiger partial charge in [-0.05, 0) is 17.9 Å². The van der Waals surface area contributed by atoms with E-state index in [1.54, 1.807) is 24.3 Å². The Morgan fingerprint density at radius 2 is 1.97 bits per heavy atom. The van der Waals surface area contributed by atoms with Crippen molar-refractivity contribution in [1.82, 2.24) is 4.90 Å². The van der Waals surface area contributed by atoms with Crippen LogP contribution in [0, 0.1) is 16.7 Å². The molecular weight excluding hydrogens is 372 g/mol. The molecule has 0 unspecified atom stereocenters. The fourth-order valence-corrected chi connectivity index (χ4v) is 4.67. The zero-order valence-electron chi connectivity index (χ0n) is 16.1. The van der Waals surface area contributed by atoms with Gasteiger partial charge in [0.2, 0.25) is 17.7 Å². The van der Waals surface area contributed by atoms with Gasteiger partial charge in [0.1, 0.15) is 29.4 Å². The van der Waals surface area contributed by atoms with E-state index in [9.17, 15) is 19.6 Å². The lowest BCUT2D eigenvalue weighted by Crippen LogP contribution is -2.48. The molecule has 4 N–H and O–H groups in total. The second-order valence-corrected chi connectivity index (χ2v) is 8.32. The molecular formula is C21H20N4O4. The molecule has 8 heteroatoms. The largest absolute Gasteiger partial charge is 0.440 e. The molecule has 2 heterocycles. The Labute approximate surface area is 167 Å². The van der Waals surface area contributed by atoms with E-state index in [-0.39, 0.29) is 35.8 Å². The number of para-hydroxylation sites is 1. The Balaban J connectivity index is 2.11. The molecule has 0 fully saturated rings. The van der Waals surface area contributed by atoms with Gasteiger partial charge in [0, 0.05) is 23.3 Å². The number of carbonyl (C=O) groups is 3. The number of primary amides is 1. The third-order valence-corrected chi connectivity index (χ3v) is 5.68. The van der Waals surface area contributed by atoms with Gasteiger partial charge in [-0.25, -0.2) is 0 Å². The first-order valence-electron chi connectivity index (χ1n) is 9.18. The van der Waals surface area contributed by atoms with Gasteiger partial charge in [0.05, 0.1) is 0 Å². The lowest BCUT2D eigenvalue weighted by atomic mass is 9.63. The molecule has 0 saturated heterocycles. The molecule has 1 aromatic carbocycles. The highest BCUT2D eigenvalue weighted by atomic mass is 16.5. The van der Waals surface area contributed by atoms with Gasteiger partial charge in [0.25, 0.3) is 0 Å². The molecule has 0 bridgehead atoms. The van der Waals surface area contributed by atoms with E-state index in [4.69, 9.17) is 16.2 Å². The van der Waals surface area contributed by atoms with Crippen molar-refractivity contribution in [2.45, 2.75) is 32.1 Å². The maximum atomic E-state index is 13.8. The maximum absolute atomic E-state index is 13.8. The number of nitrogens with zero attached hydrogens (tertiary/aromatic N) is 2. The second-order valence-electron chi connectivity index (χ2n) is 8.32. The maximum Gasteiger partial charge on any atom is 0.248 e. The number of allylic oxidation sites excluding steroid dienone is 1. The molecule has 3 aliphatic rings. The fraction of sp³-hybridized carbons (Fsp3) is 0.333. The summed E-state index contributed by atoms with van der Waals surface area (Å²) in [6.07, 6.45) is 0.587. The number of hydrogen-bond acceptors (Lipinski definition) is 6. The molecule has 0 radical (unpaired) electrons. The number of rotatable bonds is 2. The number of nitrogens with two attached hydrogens (primary N) is 2. The smallest absolute Gasteiger partial charge is 0.248 e. The highest BCUT2D eigenvalue weighted by molar-refractivity contribution is 6.16. The number of benzene rings is 1. The Morgan fingerprint density at radius 1 is 1.28 bits per heavy atom. The van der Waals surface area contributed by atoms with Crippen molar-refractivity contribution in [2.24, 2.45) is 16.9 Å². The van der Waals surface area contributed by atoms with E-state index in [0.29, 0.717) is 23.4 Å². The summed E-state index contributed by atoms with van der Waals surface area (Å²) in [5.41, 5.74) is 10.1. The van der Waals surface area contributed by atoms with Crippen LogP contribution >= 0.6 is 0 Å². The topological polar surface area (TPSA) is 140 Å². The van der Waals surface area contributed by atoms with Gasteiger partial charge in [-0.15, -0.1) is 0 Å². The molecule has 0 aromatic heterocycles. The van der Waals surface area contributed by atoms with Gasteiger partial charge < -0.3 is 21.1 Å². The number of hydrogen-bond donors (Lipinski definition) is 2. The molecule has 0 saturated carbocycles. The lowest BCUT2D eigenvalue weighted by Gasteiger charge is -2.37. The highest BCUT2D eigenvalue weighted by Gasteiger charge is 2.63. The van der Waals surface area contributed by atoms with Gasteiger partial charge in [-0.1, -0.05) is 32.0 Å². The monoisotopic (exact) mass is 392 g/mol. The Morgan fingerprint density at radius 3 is 2.62 bits per heavy atom. The molecule has 2 amide bonds. The van der Waals surface area contributed by atoms with E-state index in [1.165, 1.54) is 4.90 Å². The van der Waals surface area contributed by atoms with Crippen molar-refractivity contribution in [1.29, 1.82) is 5.26 Å². The summed E-state index contributed by atoms with van der Waals surface area (Å²) < 4.78 is 5.58. The van der Waals surface area contributed by atoms with E-state index < -0.39 is 22.6 Å². The predicted octanol–water partition coefficient (Wildman–Crippen LogP) is 0.981. The zero-order valence-corrected chi connectivity index (χ0v) is 16.1. The minimum Gasteiger partial charge on any atom is -0.440 e. The van der Waals surface area contributed by atoms with Crippen molar-refractivity contribution >= 4 is 17.6 Å². The van der Waals surface area contributed by atoms with E-state index in [0.717, 1.165) is 0 Å². The van der Waals surface area contributed by atoms with Crippen LogP contribution in [0.5, 0.6) is 5.75 Å². The minimum atomic E-state index is -1.73. The van der Waals surface area contributed by atoms with Crippen molar-refractivity contribution in [3.63, 3.8) is 0 Å². The summed E-state index contributed by atoms with van der Waals surface area (Å²) in [6, 6.07) is 8.66. The summed E-state index contributed by atoms with van der Waals surface area (Å²) in [4.78, 5) is 40.2. The Kier molecular flexibility index (Phi) is 3.84. The van der Waals surface area contributed by atoms with Crippen LogP contribution in [-0.4, -0.2) is 29.0 Å².